The van der Waals surface area contributed by atoms with E-state index >= 15 is 0 Å². The Bertz CT molecular complexity index is 571. The van der Waals surface area contributed by atoms with E-state index in [2.05, 4.69) is 19.2 Å². The molecule has 0 saturated carbocycles. The Labute approximate surface area is 128 Å². The van der Waals surface area contributed by atoms with E-state index in [4.69, 9.17) is 0 Å². The Morgan fingerprint density at radius 1 is 1.29 bits per heavy atom. The Hall–Kier alpha value is -0.910. The van der Waals surface area contributed by atoms with Gasteiger partial charge in [-0.3, -0.25) is 0 Å². The van der Waals surface area contributed by atoms with Crippen LogP contribution in [0.25, 0.3) is 0 Å². The Morgan fingerprint density at radius 3 is 2.71 bits per heavy atom. The average molecular weight is 310 g/mol. The zero-order chi connectivity index (χ0) is 15.5. The van der Waals surface area contributed by atoms with Gasteiger partial charge in [-0.25, -0.2) is 8.42 Å². The summed E-state index contributed by atoms with van der Waals surface area (Å²) in [5, 5.41) is 3.23. The van der Waals surface area contributed by atoms with E-state index in [0.29, 0.717) is 36.4 Å². The van der Waals surface area contributed by atoms with Crippen LogP contribution in [0.4, 0.5) is 0 Å². The molecule has 0 aliphatic carbocycles. The molecule has 2 unspecified atom stereocenters. The van der Waals surface area contributed by atoms with Gasteiger partial charge in [-0.2, -0.15) is 4.31 Å². The van der Waals surface area contributed by atoms with Crippen molar-refractivity contribution in [2.24, 2.45) is 11.8 Å². The molecule has 0 spiro atoms. The Balaban J connectivity index is 2.19. The van der Waals surface area contributed by atoms with Crippen LogP contribution >= 0.6 is 0 Å². The molecule has 0 aromatic heterocycles. The minimum absolute atomic E-state index is 0.415. The van der Waals surface area contributed by atoms with Gasteiger partial charge in [0.15, 0.2) is 0 Å². The predicted molar refractivity (Wildman–Crippen MR) is 85.5 cm³/mol. The van der Waals surface area contributed by atoms with Gasteiger partial charge in [0, 0.05) is 19.6 Å². The van der Waals surface area contributed by atoms with Gasteiger partial charge in [0.2, 0.25) is 10.0 Å². The molecule has 1 N–H and O–H groups in total. The number of hydrogen-bond acceptors (Lipinski definition) is 3. The normalized spacial score (nSPS) is 24.1. The zero-order valence-electron chi connectivity index (χ0n) is 13.2. The number of piperidine rings is 1. The molecule has 1 aromatic carbocycles. The van der Waals surface area contributed by atoms with Crippen molar-refractivity contribution in [3.05, 3.63) is 29.8 Å². The second kappa shape index (κ2) is 6.90. The summed E-state index contributed by atoms with van der Waals surface area (Å²) in [6.07, 6.45) is 0.942. The van der Waals surface area contributed by atoms with Crippen molar-refractivity contribution in [3.63, 3.8) is 0 Å². The third-order valence-electron chi connectivity index (χ3n) is 4.41. The van der Waals surface area contributed by atoms with Crippen LogP contribution in [0.5, 0.6) is 0 Å². The van der Waals surface area contributed by atoms with Gasteiger partial charge >= 0.3 is 0 Å². The third kappa shape index (κ3) is 3.84. The Kier molecular flexibility index (Phi) is 5.41. The number of hydrogen-bond donors (Lipinski definition) is 1. The lowest BCUT2D eigenvalue weighted by Crippen LogP contribution is -2.42. The standard InChI is InChI=1S/C16H26N2O2S/c1-4-17-11-15-6-5-7-16(10-15)21(19,20)18-9-8-13(2)14(3)12-18/h5-7,10,13-14,17H,4,8-9,11-12H2,1-3H3. The second-order valence-corrected chi connectivity index (χ2v) is 7.97. The lowest BCUT2D eigenvalue weighted by molar-refractivity contribution is 0.212. The van der Waals surface area contributed by atoms with E-state index < -0.39 is 10.0 Å². The van der Waals surface area contributed by atoms with Crippen molar-refractivity contribution in [2.75, 3.05) is 19.6 Å². The number of benzene rings is 1. The summed E-state index contributed by atoms with van der Waals surface area (Å²) in [4.78, 5) is 0.416. The van der Waals surface area contributed by atoms with Crippen molar-refractivity contribution in [1.29, 1.82) is 0 Å². The molecule has 0 bridgehead atoms. The molecule has 0 radical (unpaired) electrons. The second-order valence-electron chi connectivity index (χ2n) is 6.03. The fourth-order valence-electron chi connectivity index (χ4n) is 2.68. The summed E-state index contributed by atoms with van der Waals surface area (Å²) in [7, 11) is -3.36. The monoisotopic (exact) mass is 310 g/mol. The molecule has 0 amide bonds. The molecular weight excluding hydrogens is 284 g/mol. The molecule has 4 nitrogen and oxygen atoms in total. The van der Waals surface area contributed by atoms with Crippen LogP contribution in [0.1, 0.15) is 32.8 Å². The lowest BCUT2D eigenvalue weighted by Gasteiger charge is -2.34. The van der Waals surface area contributed by atoms with E-state index in [1.165, 1.54) is 0 Å². The highest BCUT2D eigenvalue weighted by molar-refractivity contribution is 7.89. The van der Waals surface area contributed by atoms with Gasteiger partial charge in [-0.1, -0.05) is 32.9 Å². The lowest BCUT2D eigenvalue weighted by atomic mass is 9.90. The van der Waals surface area contributed by atoms with Crippen LogP contribution in [-0.2, 0) is 16.6 Å². The minimum atomic E-state index is -3.36. The quantitative estimate of drug-likeness (QED) is 0.909. The topological polar surface area (TPSA) is 49.4 Å². The van der Waals surface area contributed by atoms with Gasteiger partial charge in [0.1, 0.15) is 0 Å². The van der Waals surface area contributed by atoms with Crippen LogP contribution in [0.2, 0.25) is 0 Å². The van der Waals surface area contributed by atoms with Crippen molar-refractivity contribution in [1.82, 2.24) is 9.62 Å². The van der Waals surface area contributed by atoms with E-state index in [9.17, 15) is 8.42 Å². The molecule has 1 aliphatic heterocycles. The summed E-state index contributed by atoms with van der Waals surface area (Å²) in [5.74, 6) is 1.01. The van der Waals surface area contributed by atoms with Crippen LogP contribution in [-0.4, -0.2) is 32.4 Å². The maximum Gasteiger partial charge on any atom is 0.243 e. The first-order valence-electron chi connectivity index (χ1n) is 7.75. The zero-order valence-corrected chi connectivity index (χ0v) is 14.0. The first-order chi connectivity index (χ1) is 9.95. The highest BCUT2D eigenvalue weighted by Gasteiger charge is 2.31. The molecule has 5 heteroatoms. The maximum atomic E-state index is 12.8. The highest BCUT2D eigenvalue weighted by atomic mass is 32.2. The number of nitrogens with zero attached hydrogens (tertiary/aromatic N) is 1. The molecule has 1 aliphatic rings. The summed E-state index contributed by atoms with van der Waals surface area (Å²) in [6, 6.07) is 7.28. The number of rotatable bonds is 5. The fraction of sp³-hybridized carbons (Fsp3) is 0.625. The predicted octanol–water partition coefficient (Wildman–Crippen LogP) is 2.46. The molecule has 1 heterocycles. The Morgan fingerprint density at radius 2 is 2.05 bits per heavy atom. The summed E-state index contributed by atoms with van der Waals surface area (Å²) < 4.78 is 27.2. The van der Waals surface area contributed by atoms with Crippen LogP contribution < -0.4 is 5.32 Å². The van der Waals surface area contributed by atoms with E-state index in [1.54, 1.807) is 16.4 Å². The summed E-state index contributed by atoms with van der Waals surface area (Å²) >= 11 is 0. The molecule has 1 fully saturated rings. The number of nitrogens with one attached hydrogen (secondary N) is 1. The molecule has 1 aromatic rings. The summed E-state index contributed by atoms with van der Waals surface area (Å²) in [5.41, 5.74) is 1.01. The SMILES string of the molecule is CCNCc1cccc(S(=O)(=O)N2CCC(C)C(C)C2)c1. The van der Waals surface area contributed by atoms with Gasteiger partial charge in [0.05, 0.1) is 4.90 Å². The van der Waals surface area contributed by atoms with Gasteiger partial charge in [-0.05, 0) is 42.5 Å². The molecule has 118 valence electrons. The maximum absolute atomic E-state index is 12.8. The molecule has 1 saturated heterocycles. The molecule has 21 heavy (non-hydrogen) atoms. The van der Waals surface area contributed by atoms with Gasteiger partial charge < -0.3 is 5.32 Å². The summed E-state index contributed by atoms with van der Waals surface area (Å²) in [6.45, 7) is 9.20. The van der Waals surface area contributed by atoms with E-state index in [1.807, 2.05) is 19.1 Å². The minimum Gasteiger partial charge on any atom is -0.313 e. The number of sulfonamides is 1. The van der Waals surface area contributed by atoms with Gasteiger partial charge in [0.25, 0.3) is 0 Å². The molecular formula is C16H26N2O2S. The van der Waals surface area contributed by atoms with E-state index in [0.717, 1.165) is 18.5 Å². The highest BCUT2D eigenvalue weighted by Crippen LogP contribution is 2.27. The first kappa shape index (κ1) is 16.5. The smallest absolute Gasteiger partial charge is 0.243 e. The largest absolute Gasteiger partial charge is 0.313 e. The molecule has 2 rings (SSSR count). The average Bonchev–Trinajstić information content (AvgIpc) is 2.48. The van der Waals surface area contributed by atoms with Crippen molar-refractivity contribution in [2.45, 2.75) is 38.6 Å². The fourth-order valence-corrected chi connectivity index (χ4v) is 4.30. The van der Waals surface area contributed by atoms with Crippen molar-refractivity contribution >= 4 is 10.0 Å². The van der Waals surface area contributed by atoms with Crippen molar-refractivity contribution < 1.29 is 8.42 Å². The molecule has 2 atom stereocenters. The third-order valence-corrected chi connectivity index (χ3v) is 6.27. The van der Waals surface area contributed by atoms with Crippen LogP contribution in [0, 0.1) is 11.8 Å². The van der Waals surface area contributed by atoms with E-state index in [-0.39, 0.29) is 0 Å². The van der Waals surface area contributed by atoms with Crippen LogP contribution in [0.3, 0.4) is 0 Å². The van der Waals surface area contributed by atoms with Crippen LogP contribution in [0.15, 0.2) is 29.2 Å². The van der Waals surface area contributed by atoms with Crippen molar-refractivity contribution in [3.8, 4) is 0 Å². The first-order valence-corrected chi connectivity index (χ1v) is 9.19. The van der Waals surface area contributed by atoms with Gasteiger partial charge in [-0.15, -0.1) is 0 Å².